The minimum atomic E-state index is -3.58. The fourth-order valence-corrected chi connectivity index (χ4v) is 3.35. The van der Waals surface area contributed by atoms with Crippen LogP contribution in [0.5, 0.6) is 0 Å². The van der Waals surface area contributed by atoms with Gasteiger partial charge in [0.05, 0.1) is 10.5 Å². The molecule has 0 heterocycles. The second-order valence-corrected chi connectivity index (χ2v) is 9.28. The van der Waals surface area contributed by atoms with Crippen LogP contribution in [0, 0.1) is 0 Å². The number of rotatable bonds is 7. The van der Waals surface area contributed by atoms with Crippen LogP contribution in [0.2, 0.25) is 0 Å². The van der Waals surface area contributed by atoms with E-state index in [1.165, 1.54) is 45.3 Å². The Balaban J connectivity index is 1.99. The van der Waals surface area contributed by atoms with Crippen LogP contribution in [0.15, 0.2) is 53.4 Å². The molecule has 29 heavy (non-hydrogen) atoms. The van der Waals surface area contributed by atoms with E-state index in [9.17, 15) is 18.0 Å². The van der Waals surface area contributed by atoms with E-state index < -0.39 is 28.0 Å². The zero-order valence-corrected chi connectivity index (χ0v) is 18.0. The van der Waals surface area contributed by atoms with Crippen molar-refractivity contribution in [1.82, 2.24) is 4.31 Å². The fraction of sp³-hybridized carbons (Fsp3) is 0.333. The Bertz CT molecular complexity index is 965. The minimum Gasteiger partial charge on any atom is -0.449 e. The monoisotopic (exact) mass is 418 g/mol. The van der Waals surface area contributed by atoms with Gasteiger partial charge in [0.1, 0.15) is 0 Å². The van der Waals surface area contributed by atoms with Crippen molar-refractivity contribution in [2.45, 2.75) is 37.7 Å². The molecule has 156 valence electrons. The van der Waals surface area contributed by atoms with Crippen molar-refractivity contribution in [1.29, 1.82) is 0 Å². The molecule has 2 aromatic rings. The van der Waals surface area contributed by atoms with E-state index >= 15 is 0 Å². The summed E-state index contributed by atoms with van der Waals surface area (Å²) in [5.74, 6) is -0.780. The molecule has 0 saturated heterocycles. The molecule has 0 unspecified atom stereocenters. The van der Waals surface area contributed by atoms with Crippen LogP contribution in [0.1, 0.15) is 42.6 Å². The summed E-state index contributed by atoms with van der Waals surface area (Å²) in [6.45, 7) is 5.63. The molecule has 2 rings (SSSR count). The highest BCUT2D eigenvalue weighted by atomic mass is 32.2. The summed E-state index contributed by atoms with van der Waals surface area (Å²) in [4.78, 5) is 24.6. The number of nitrogens with one attached hydrogen (secondary N) is 1. The SMILES string of the molecule is CC(C)c1ccc(NC(=O)[C@H](C)OC(=O)c2ccc(S(=O)(=O)N(C)C)cc2)cc1. The normalized spacial score (nSPS) is 12.7. The number of carbonyl (C=O) groups is 2. The molecule has 0 saturated carbocycles. The number of nitrogens with zero attached hydrogens (tertiary/aromatic N) is 1. The third-order valence-electron chi connectivity index (χ3n) is 4.37. The Kier molecular flexibility index (Phi) is 7.16. The first-order valence-electron chi connectivity index (χ1n) is 9.16. The molecule has 0 aliphatic heterocycles. The van der Waals surface area contributed by atoms with Crippen molar-refractivity contribution in [2.75, 3.05) is 19.4 Å². The maximum absolute atomic E-state index is 12.3. The van der Waals surface area contributed by atoms with Crippen LogP contribution >= 0.6 is 0 Å². The van der Waals surface area contributed by atoms with Crippen LogP contribution < -0.4 is 5.32 Å². The first-order chi connectivity index (χ1) is 13.5. The molecule has 0 aliphatic carbocycles. The van der Waals surface area contributed by atoms with Gasteiger partial charge in [0, 0.05) is 19.8 Å². The molecule has 1 amide bonds. The molecule has 2 aromatic carbocycles. The average Bonchev–Trinajstić information content (AvgIpc) is 2.68. The van der Waals surface area contributed by atoms with E-state index in [0.717, 1.165) is 9.87 Å². The Labute approximate surface area is 171 Å². The maximum atomic E-state index is 12.3. The van der Waals surface area contributed by atoms with Gasteiger partial charge in [-0.1, -0.05) is 26.0 Å². The van der Waals surface area contributed by atoms with Gasteiger partial charge in [0.15, 0.2) is 6.10 Å². The van der Waals surface area contributed by atoms with Gasteiger partial charge in [-0.3, -0.25) is 4.79 Å². The quantitative estimate of drug-likeness (QED) is 0.697. The third-order valence-corrected chi connectivity index (χ3v) is 6.20. The van der Waals surface area contributed by atoms with Gasteiger partial charge in [-0.15, -0.1) is 0 Å². The number of ether oxygens (including phenoxy) is 1. The van der Waals surface area contributed by atoms with Crippen molar-refractivity contribution in [3.8, 4) is 0 Å². The molecular formula is C21H26N2O5S. The van der Waals surface area contributed by atoms with Crippen molar-refractivity contribution in [3.63, 3.8) is 0 Å². The van der Waals surface area contributed by atoms with Crippen molar-refractivity contribution >= 4 is 27.6 Å². The summed E-state index contributed by atoms with van der Waals surface area (Å²) in [6.07, 6.45) is -1.02. The highest BCUT2D eigenvalue weighted by molar-refractivity contribution is 7.89. The number of amides is 1. The van der Waals surface area contributed by atoms with Gasteiger partial charge in [-0.2, -0.15) is 0 Å². The van der Waals surface area contributed by atoms with E-state index in [0.29, 0.717) is 11.6 Å². The molecule has 0 aromatic heterocycles. The van der Waals surface area contributed by atoms with E-state index in [1.807, 2.05) is 12.1 Å². The predicted octanol–water partition coefficient (Wildman–Crippen LogP) is 3.24. The van der Waals surface area contributed by atoms with Crippen LogP contribution in [0.3, 0.4) is 0 Å². The topological polar surface area (TPSA) is 92.8 Å². The van der Waals surface area contributed by atoms with Crippen molar-refractivity contribution in [3.05, 3.63) is 59.7 Å². The standard InChI is InChI=1S/C21H26N2O5S/c1-14(2)16-6-10-18(11-7-16)22-20(24)15(3)28-21(25)17-8-12-19(13-9-17)29(26,27)23(4)5/h6-15H,1-5H3,(H,22,24)/t15-/m0/s1. The molecule has 1 atom stereocenters. The molecule has 8 heteroatoms. The van der Waals surface area contributed by atoms with E-state index in [4.69, 9.17) is 4.74 Å². The smallest absolute Gasteiger partial charge is 0.338 e. The molecule has 0 bridgehead atoms. The van der Waals surface area contributed by atoms with Crippen molar-refractivity contribution in [2.24, 2.45) is 0 Å². The molecule has 0 radical (unpaired) electrons. The summed E-state index contributed by atoms with van der Waals surface area (Å²) in [5, 5.41) is 2.71. The van der Waals surface area contributed by atoms with Gasteiger partial charge in [0.2, 0.25) is 10.0 Å². The first kappa shape index (κ1) is 22.6. The molecular weight excluding hydrogens is 392 g/mol. The second kappa shape index (κ2) is 9.19. The van der Waals surface area contributed by atoms with Gasteiger partial charge in [-0.25, -0.2) is 17.5 Å². The molecule has 0 fully saturated rings. The van der Waals surface area contributed by atoms with E-state index in [1.54, 1.807) is 12.1 Å². The van der Waals surface area contributed by atoms with Crippen LogP contribution in [-0.2, 0) is 19.6 Å². The maximum Gasteiger partial charge on any atom is 0.338 e. The second-order valence-electron chi connectivity index (χ2n) is 7.13. The highest BCUT2D eigenvalue weighted by Crippen LogP contribution is 2.18. The summed E-state index contributed by atoms with van der Waals surface area (Å²) < 4.78 is 30.4. The zero-order chi connectivity index (χ0) is 21.8. The third kappa shape index (κ3) is 5.65. The lowest BCUT2D eigenvalue weighted by molar-refractivity contribution is -0.123. The predicted molar refractivity (Wildman–Crippen MR) is 111 cm³/mol. The lowest BCUT2D eigenvalue weighted by atomic mass is 10.0. The molecule has 0 spiro atoms. The summed E-state index contributed by atoms with van der Waals surface area (Å²) in [5.41, 5.74) is 1.92. The summed E-state index contributed by atoms with van der Waals surface area (Å²) in [7, 11) is -0.732. The number of hydrogen-bond donors (Lipinski definition) is 1. The number of carbonyl (C=O) groups excluding carboxylic acids is 2. The van der Waals surface area contributed by atoms with Crippen LogP contribution in [0.25, 0.3) is 0 Å². The fourth-order valence-electron chi connectivity index (χ4n) is 2.45. The van der Waals surface area contributed by atoms with Gasteiger partial charge >= 0.3 is 5.97 Å². The number of esters is 1. The highest BCUT2D eigenvalue weighted by Gasteiger charge is 2.21. The largest absolute Gasteiger partial charge is 0.449 e. The molecule has 1 N–H and O–H groups in total. The lowest BCUT2D eigenvalue weighted by Crippen LogP contribution is -2.30. The zero-order valence-electron chi connectivity index (χ0n) is 17.2. The minimum absolute atomic E-state index is 0.0645. The Hall–Kier alpha value is -2.71. The summed E-state index contributed by atoms with van der Waals surface area (Å²) in [6, 6.07) is 12.8. The first-order valence-corrected chi connectivity index (χ1v) is 10.6. The van der Waals surface area contributed by atoms with E-state index in [-0.39, 0.29) is 10.5 Å². The Morgan fingerprint density at radius 3 is 1.97 bits per heavy atom. The number of sulfonamides is 1. The van der Waals surface area contributed by atoms with Crippen LogP contribution in [-0.4, -0.2) is 44.8 Å². The Morgan fingerprint density at radius 1 is 0.931 bits per heavy atom. The summed E-state index contributed by atoms with van der Waals surface area (Å²) >= 11 is 0. The average molecular weight is 419 g/mol. The van der Waals surface area contributed by atoms with Crippen molar-refractivity contribution < 1.29 is 22.7 Å². The number of benzene rings is 2. The number of anilines is 1. The van der Waals surface area contributed by atoms with Gasteiger partial charge < -0.3 is 10.1 Å². The van der Waals surface area contributed by atoms with Gasteiger partial charge in [-0.05, 0) is 54.8 Å². The Morgan fingerprint density at radius 2 is 1.48 bits per heavy atom. The lowest BCUT2D eigenvalue weighted by Gasteiger charge is -2.15. The molecule has 7 nitrogen and oxygen atoms in total. The number of hydrogen-bond acceptors (Lipinski definition) is 5. The molecule has 0 aliphatic rings. The van der Waals surface area contributed by atoms with E-state index in [2.05, 4.69) is 19.2 Å². The van der Waals surface area contributed by atoms with Gasteiger partial charge in [0.25, 0.3) is 5.91 Å². The van der Waals surface area contributed by atoms with Crippen LogP contribution in [0.4, 0.5) is 5.69 Å².